The molecule has 0 fully saturated rings. The van der Waals surface area contributed by atoms with Crippen molar-refractivity contribution in [3.8, 4) is 0 Å². The molecule has 0 aliphatic rings. The summed E-state index contributed by atoms with van der Waals surface area (Å²) in [6.45, 7) is 0. The molecule has 0 saturated carbocycles. The van der Waals surface area contributed by atoms with E-state index in [1.54, 1.807) is 12.1 Å². The summed E-state index contributed by atoms with van der Waals surface area (Å²) in [5.41, 5.74) is 2.36. The van der Waals surface area contributed by atoms with Crippen LogP contribution in [0.15, 0.2) is 84.9 Å². The van der Waals surface area contributed by atoms with Gasteiger partial charge in [-0.25, -0.2) is 9.18 Å². The maximum absolute atomic E-state index is 13.2. The normalized spacial score (nSPS) is 11.7. The van der Waals surface area contributed by atoms with E-state index in [1.165, 1.54) is 19.2 Å². The monoisotopic (exact) mass is 391 g/mol. The second-order valence-electron chi connectivity index (χ2n) is 6.67. The van der Waals surface area contributed by atoms with Crippen molar-refractivity contribution in [1.29, 1.82) is 0 Å². The van der Waals surface area contributed by atoms with Crippen molar-refractivity contribution in [3.05, 3.63) is 107 Å². The summed E-state index contributed by atoms with van der Waals surface area (Å²) in [6.07, 6.45) is 0.203. The Bertz CT molecular complexity index is 903. The number of nitrogens with one attached hydrogen (secondary N) is 1. The lowest BCUT2D eigenvalue weighted by Gasteiger charge is -2.22. The third-order valence-electron chi connectivity index (χ3n) is 4.68. The zero-order valence-corrected chi connectivity index (χ0v) is 16.0. The number of rotatable bonds is 7. The largest absolute Gasteiger partial charge is 0.467 e. The van der Waals surface area contributed by atoms with Crippen molar-refractivity contribution in [2.75, 3.05) is 7.11 Å². The zero-order valence-electron chi connectivity index (χ0n) is 16.0. The van der Waals surface area contributed by atoms with Crippen LogP contribution in [-0.4, -0.2) is 25.0 Å². The Morgan fingerprint density at radius 3 is 1.86 bits per heavy atom. The van der Waals surface area contributed by atoms with Crippen LogP contribution in [0.3, 0.4) is 0 Å². The lowest BCUT2D eigenvalue weighted by Crippen LogP contribution is -2.45. The molecule has 3 aromatic rings. The highest BCUT2D eigenvalue weighted by Crippen LogP contribution is 2.25. The molecule has 29 heavy (non-hydrogen) atoms. The lowest BCUT2D eigenvalue weighted by molar-refractivity contribution is -0.145. The van der Waals surface area contributed by atoms with Crippen LogP contribution in [0.4, 0.5) is 4.39 Å². The molecule has 0 aliphatic heterocycles. The SMILES string of the molecule is COC(=O)[C@H](Cc1ccc(F)cc1)NC(=O)C(c1ccccc1)c1ccccc1. The molecule has 0 aliphatic carbocycles. The van der Waals surface area contributed by atoms with Gasteiger partial charge in [0.05, 0.1) is 13.0 Å². The Labute approximate surface area is 169 Å². The molecule has 0 saturated heterocycles. The number of esters is 1. The van der Waals surface area contributed by atoms with E-state index in [1.807, 2.05) is 60.7 Å². The van der Waals surface area contributed by atoms with Gasteiger partial charge in [-0.15, -0.1) is 0 Å². The van der Waals surface area contributed by atoms with Gasteiger partial charge in [-0.1, -0.05) is 72.8 Å². The highest BCUT2D eigenvalue weighted by molar-refractivity contribution is 5.91. The van der Waals surface area contributed by atoms with Crippen molar-refractivity contribution >= 4 is 11.9 Å². The van der Waals surface area contributed by atoms with E-state index in [-0.39, 0.29) is 18.1 Å². The van der Waals surface area contributed by atoms with E-state index in [2.05, 4.69) is 5.32 Å². The maximum Gasteiger partial charge on any atom is 0.328 e. The average Bonchev–Trinajstić information content (AvgIpc) is 2.76. The highest BCUT2D eigenvalue weighted by atomic mass is 19.1. The third kappa shape index (κ3) is 5.29. The molecule has 0 spiro atoms. The summed E-state index contributed by atoms with van der Waals surface area (Å²) in [5.74, 6) is -1.79. The fourth-order valence-corrected chi connectivity index (χ4v) is 3.23. The van der Waals surface area contributed by atoms with E-state index in [9.17, 15) is 14.0 Å². The first-order chi connectivity index (χ1) is 14.1. The van der Waals surface area contributed by atoms with E-state index in [0.717, 1.165) is 16.7 Å². The number of halogens is 1. The van der Waals surface area contributed by atoms with E-state index in [0.29, 0.717) is 0 Å². The van der Waals surface area contributed by atoms with Crippen molar-refractivity contribution in [1.82, 2.24) is 5.32 Å². The van der Waals surface area contributed by atoms with Gasteiger partial charge < -0.3 is 10.1 Å². The van der Waals surface area contributed by atoms with Crippen LogP contribution >= 0.6 is 0 Å². The van der Waals surface area contributed by atoms with Crippen LogP contribution in [0.5, 0.6) is 0 Å². The number of carbonyl (C=O) groups is 2. The fourth-order valence-electron chi connectivity index (χ4n) is 3.23. The minimum atomic E-state index is -0.882. The van der Waals surface area contributed by atoms with Crippen molar-refractivity contribution in [2.24, 2.45) is 0 Å². The molecule has 4 nitrogen and oxygen atoms in total. The van der Waals surface area contributed by atoms with Crippen LogP contribution in [-0.2, 0) is 20.7 Å². The van der Waals surface area contributed by atoms with Crippen molar-refractivity contribution < 1.29 is 18.7 Å². The average molecular weight is 391 g/mol. The molecule has 3 aromatic carbocycles. The van der Waals surface area contributed by atoms with Gasteiger partial charge in [-0.3, -0.25) is 4.79 Å². The number of hydrogen-bond donors (Lipinski definition) is 1. The molecule has 1 N–H and O–H groups in total. The molecule has 5 heteroatoms. The standard InChI is InChI=1S/C24H22FNO3/c1-29-24(28)21(16-17-12-14-20(25)15-13-17)26-23(27)22(18-8-4-2-5-9-18)19-10-6-3-7-11-19/h2-15,21-22H,16H2,1H3,(H,26,27)/t21-/m0/s1. The second-order valence-corrected chi connectivity index (χ2v) is 6.67. The molecule has 0 radical (unpaired) electrons. The Balaban J connectivity index is 1.87. The number of benzene rings is 3. The number of hydrogen-bond acceptors (Lipinski definition) is 3. The Morgan fingerprint density at radius 2 is 1.38 bits per heavy atom. The zero-order chi connectivity index (χ0) is 20.6. The van der Waals surface area contributed by atoms with Crippen molar-refractivity contribution in [2.45, 2.75) is 18.4 Å². The quantitative estimate of drug-likeness (QED) is 0.623. The topological polar surface area (TPSA) is 55.4 Å². The highest BCUT2D eigenvalue weighted by Gasteiger charge is 2.28. The predicted octanol–water partition coefficient (Wildman–Crippen LogP) is 3.86. The van der Waals surface area contributed by atoms with Gasteiger partial charge in [0.2, 0.25) is 5.91 Å². The van der Waals surface area contributed by atoms with E-state index >= 15 is 0 Å². The fraction of sp³-hybridized carbons (Fsp3) is 0.167. The minimum absolute atomic E-state index is 0.203. The summed E-state index contributed by atoms with van der Waals surface area (Å²) in [5, 5.41) is 2.82. The van der Waals surface area contributed by atoms with Crippen LogP contribution in [0.25, 0.3) is 0 Å². The molecule has 0 unspecified atom stereocenters. The first-order valence-electron chi connectivity index (χ1n) is 9.31. The summed E-state index contributed by atoms with van der Waals surface area (Å²) in [4.78, 5) is 25.5. The maximum atomic E-state index is 13.2. The number of carbonyl (C=O) groups excluding carboxylic acids is 2. The van der Waals surface area contributed by atoms with Crippen molar-refractivity contribution in [3.63, 3.8) is 0 Å². The van der Waals surface area contributed by atoms with Crippen LogP contribution in [0.2, 0.25) is 0 Å². The molecular formula is C24H22FNO3. The Hall–Kier alpha value is -3.47. The van der Waals surface area contributed by atoms with E-state index < -0.39 is 17.9 Å². The molecule has 1 atom stereocenters. The van der Waals surface area contributed by atoms with Crippen LogP contribution in [0, 0.1) is 5.82 Å². The molecule has 0 bridgehead atoms. The third-order valence-corrected chi connectivity index (χ3v) is 4.68. The molecule has 148 valence electrons. The number of ether oxygens (including phenoxy) is 1. The van der Waals surface area contributed by atoms with Crippen LogP contribution in [0.1, 0.15) is 22.6 Å². The molecule has 0 heterocycles. The lowest BCUT2D eigenvalue weighted by atomic mass is 9.90. The van der Waals surface area contributed by atoms with Gasteiger partial charge in [0.15, 0.2) is 0 Å². The molecular weight excluding hydrogens is 369 g/mol. The number of methoxy groups -OCH3 is 1. The Kier molecular flexibility index (Phi) is 6.74. The van der Waals surface area contributed by atoms with Gasteiger partial charge in [-0.2, -0.15) is 0 Å². The predicted molar refractivity (Wildman–Crippen MR) is 109 cm³/mol. The van der Waals surface area contributed by atoms with Gasteiger partial charge in [0, 0.05) is 6.42 Å². The Morgan fingerprint density at radius 1 is 0.862 bits per heavy atom. The smallest absolute Gasteiger partial charge is 0.328 e. The first-order valence-corrected chi connectivity index (χ1v) is 9.31. The summed E-state index contributed by atoms with van der Waals surface area (Å²) in [7, 11) is 1.28. The van der Waals surface area contributed by atoms with Crippen LogP contribution < -0.4 is 5.32 Å². The number of amides is 1. The minimum Gasteiger partial charge on any atom is -0.467 e. The summed E-state index contributed by atoms with van der Waals surface area (Å²) >= 11 is 0. The van der Waals surface area contributed by atoms with Gasteiger partial charge in [0.25, 0.3) is 0 Å². The second kappa shape index (κ2) is 9.64. The summed E-state index contributed by atoms with van der Waals surface area (Å²) < 4.78 is 18.1. The molecule has 1 amide bonds. The van der Waals surface area contributed by atoms with Gasteiger partial charge in [0.1, 0.15) is 11.9 Å². The van der Waals surface area contributed by atoms with Gasteiger partial charge >= 0.3 is 5.97 Å². The van der Waals surface area contributed by atoms with E-state index in [4.69, 9.17) is 4.74 Å². The molecule has 3 rings (SSSR count). The van der Waals surface area contributed by atoms with Gasteiger partial charge in [-0.05, 0) is 28.8 Å². The molecule has 0 aromatic heterocycles. The summed E-state index contributed by atoms with van der Waals surface area (Å²) in [6, 6.07) is 23.7. The first kappa shape index (κ1) is 20.3.